The van der Waals surface area contributed by atoms with Gasteiger partial charge in [-0.05, 0) is 31.2 Å². The van der Waals surface area contributed by atoms with Gasteiger partial charge in [0.25, 0.3) is 0 Å². The number of piperidine rings is 1. The van der Waals surface area contributed by atoms with Crippen molar-refractivity contribution in [2.24, 2.45) is 17.6 Å². The normalized spacial score (nSPS) is 21.9. The van der Waals surface area contributed by atoms with E-state index in [2.05, 4.69) is 19.2 Å². The number of nitrogens with zero attached hydrogens (tertiary/aromatic N) is 1. The fourth-order valence-electron chi connectivity index (χ4n) is 1.85. The molecular formula is C11H23N3O. The van der Waals surface area contributed by atoms with Crippen molar-refractivity contribution < 1.29 is 4.79 Å². The Hall–Kier alpha value is -0.770. The molecule has 1 rings (SSSR count). The van der Waals surface area contributed by atoms with Crippen LogP contribution in [0, 0.1) is 11.8 Å². The van der Waals surface area contributed by atoms with Gasteiger partial charge in [0.15, 0.2) is 0 Å². The van der Waals surface area contributed by atoms with E-state index < -0.39 is 0 Å². The predicted molar refractivity (Wildman–Crippen MR) is 61.6 cm³/mol. The Balaban J connectivity index is 2.32. The molecule has 0 aromatic carbocycles. The van der Waals surface area contributed by atoms with Gasteiger partial charge in [-0.3, -0.25) is 0 Å². The number of nitrogens with one attached hydrogen (secondary N) is 1. The van der Waals surface area contributed by atoms with Crippen LogP contribution in [0.4, 0.5) is 4.79 Å². The molecule has 3 N–H and O–H groups in total. The molecule has 15 heavy (non-hydrogen) atoms. The highest BCUT2D eigenvalue weighted by molar-refractivity contribution is 5.74. The number of hydrogen-bond acceptors (Lipinski definition) is 2. The van der Waals surface area contributed by atoms with E-state index in [1.165, 1.54) is 0 Å². The zero-order valence-electron chi connectivity index (χ0n) is 9.83. The lowest BCUT2D eigenvalue weighted by Crippen LogP contribution is -2.47. The highest BCUT2D eigenvalue weighted by Crippen LogP contribution is 2.14. The Morgan fingerprint density at radius 2 is 2.33 bits per heavy atom. The smallest absolute Gasteiger partial charge is 0.317 e. The van der Waals surface area contributed by atoms with Gasteiger partial charge < -0.3 is 16.0 Å². The Morgan fingerprint density at radius 3 is 2.93 bits per heavy atom. The number of rotatable bonds is 3. The lowest BCUT2D eigenvalue weighted by Gasteiger charge is -2.32. The van der Waals surface area contributed by atoms with Crippen LogP contribution in [-0.4, -0.2) is 37.1 Å². The van der Waals surface area contributed by atoms with Gasteiger partial charge in [0.2, 0.25) is 0 Å². The molecule has 0 spiro atoms. The van der Waals surface area contributed by atoms with Gasteiger partial charge in [0.1, 0.15) is 0 Å². The second-order valence-corrected chi connectivity index (χ2v) is 4.77. The number of nitrogens with two attached hydrogens (primary N) is 1. The van der Waals surface area contributed by atoms with E-state index in [1.54, 1.807) is 0 Å². The fourth-order valence-corrected chi connectivity index (χ4v) is 1.85. The second-order valence-electron chi connectivity index (χ2n) is 4.77. The minimum Gasteiger partial charge on any atom is -0.338 e. The average molecular weight is 213 g/mol. The van der Waals surface area contributed by atoms with Gasteiger partial charge in [-0.25, -0.2) is 4.79 Å². The van der Waals surface area contributed by atoms with Crippen LogP contribution in [0.1, 0.15) is 26.7 Å². The van der Waals surface area contributed by atoms with Crippen molar-refractivity contribution in [3.05, 3.63) is 0 Å². The molecular weight excluding hydrogens is 190 g/mol. The zero-order chi connectivity index (χ0) is 11.3. The van der Waals surface area contributed by atoms with Gasteiger partial charge in [-0.2, -0.15) is 0 Å². The number of hydrogen-bond donors (Lipinski definition) is 2. The number of carbonyl (C=O) groups is 1. The van der Waals surface area contributed by atoms with Crippen LogP contribution < -0.4 is 11.1 Å². The van der Waals surface area contributed by atoms with Crippen LogP contribution in [0.2, 0.25) is 0 Å². The lowest BCUT2D eigenvalue weighted by atomic mass is 9.99. The molecule has 2 amide bonds. The SMILES string of the molecule is CC(C)CNC(=O)N1CCCC(CN)C1. The molecule has 0 aliphatic carbocycles. The summed E-state index contributed by atoms with van der Waals surface area (Å²) in [6.07, 6.45) is 2.24. The summed E-state index contributed by atoms with van der Waals surface area (Å²) in [7, 11) is 0. The molecule has 1 aliphatic heterocycles. The van der Waals surface area contributed by atoms with Crippen molar-refractivity contribution in [2.45, 2.75) is 26.7 Å². The van der Waals surface area contributed by atoms with Crippen LogP contribution in [0.25, 0.3) is 0 Å². The van der Waals surface area contributed by atoms with E-state index in [4.69, 9.17) is 5.73 Å². The Kier molecular flexibility index (Phi) is 4.88. The van der Waals surface area contributed by atoms with Gasteiger partial charge in [0, 0.05) is 19.6 Å². The third kappa shape index (κ3) is 4.08. The summed E-state index contributed by atoms with van der Waals surface area (Å²) in [4.78, 5) is 13.6. The third-order valence-corrected chi connectivity index (χ3v) is 2.80. The maximum atomic E-state index is 11.7. The van der Waals surface area contributed by atoms with E-state index in [0.29, 0.717) is 18.4 Å². The summed E-state index contributed by atoms with van der Waals surface area (Å²) in [5, 5.41) is 2.94. The van der Waals surface area contributed by atoms with Crippen molar-refractivity contribution in [1.82, 2.24) is 10.2 Å². The van der Waals surface area contributed by atoms with Crippen molar-refractivity contribution in [1.29, 1.82) is 0 Å². The highest BCUT2D eigenvalue weighted by Gasteiger charge is 2.22. The quantitative estimate of drug-likeness (QED) is 0.735. The van der Waals surface area contributed by atoms with Crippen LogP contribution in [0.5, 0.6) is 0 Å². The first-order chi connectivity index (χ1) is 7.13. The van der Waals surface area contributed by atoms with Crippen molar-refractivity contribution in [3.8, 4) is 0 Å². The Morgan fingerprint density at radius 1 is 1.60 bits per heavy atom. The van der Waals surface area contributed by atoms with Crippen LogP contribution in [0.3, 0.4) is 0 Å². The molecule has 0 saturated carbocycles. The molecule has 1 atom stereocenters. The molecule has 0 aromatic rings. The van der Waals surface area contributed by atoms with E-state index in [0.717, 1.165) is 32.5 Å². The van der Waals surface area contributed by atoms with Gasteiger partial charge in [0.05, 0.1) is 0 Å². The summed E-state index contributed by atoms with van der Waals surface area (Å²) in [5.41, 5.74) is 5.63. The van der Waals surface area contributed by atoms with E-state index >= 15 is 0 Å². The number of likely N-dealkylation sites (tertiary alicyclic amines) is 1. The van der Waals surface area contributed by atoms with Gasteiger partial charge in [-0.15, -0.1) is 0 Å². The van der Waals surface area contributed by atoms with Crippen molar-refractivity contribution >= 4 is 6.03 Å². The van der Waals surface area contributed by atoms with Gasteiger partial charge >= 0.3 is 6.03 Å². The van der Waals surface area contributed by atoms with Gasteiger partial charge in [-0.1, -0.05) is 13.8 Å². The Bertz CT molecular complexity index is 206. The monoisotopic (exact) mass is 213 g/mol. The molecule has 4 nitrogen and oxygen atoms in total. The predicted octanol–water partition coefficient (Wildman–Crippen LogP) is 1.02. The maximum Gasteiger partial charge on any atom is 0.317 e. The number of amides is 2. The summed E-state index contributed by atoms with van der Waals surface area (Å²) in [6.45, 7) is 7.33. The van der Waals surface area contributed by atoms with Crippen LogP contribution >= 0.6 is 0 Å². The summed E-state index contributed by atoms with van der Waals surface area (Å²) in [5.74, 6) is 0.993. The minimum atomic E-state index is 0.0712. The molecule has 1 saturated heterocycles. The minimum absolute atomic E-state index is 0.0712. The zero-order valence-corrected chi connectivity index (χ0v) is 9.83. The first kappa shape index (κ1) is 12.3. The lowest BCUT2D eigenvalue weighted by molar-refractivity contribution is 0.166. The first-order valence-corrected chi connectivity index (χ1v) is 5.86. The largest absolute Gasteiger partial charge is 0.338 e. The molecule has 4 heteroatoms. The fraction of sp³-hybridized carbons (Fsp3) is 0.909. The number of urea groups is 1. The van der Waals surface area contributed by atoms with Crippen LogP contribution in [-0.2, 0) is 0 Å². The Labute approximate surface area is 92.2 Å². The maximum absolute atomic E-state index is 11.7. The summed E-state index contributed by atoms with van der Waals surface area (Å²) < 4.78 is 0. The topological polar surface area (TPSA) is 58.4 Å². The van der Waals surface area contributed by atoms with Crippen LogP contribution in [0.15, 0.2) is 0 Å². The molecule has 1 aliphatic rings. The third-order valence-electron chi connectivity index (χ3n) is 2.80. The van der Waals surface area contributed by atoms with E-state index in [-0.39, 0.29) is 6.03 Å². The van der Waals surface area contributed by atoms with Crippen molar-refractivity contribution in [2.75, 3.05) is 26.2 Å². The molecule has 1 fully saturated rings. The average Bonchev–Trinajstić information content (AvgIpc) is 2.26. The molecule has 1 heterocycles. The van der Waals surface area contributed by atoms with Crippen molar-refractivity contribution in [3.63, 3.8) is 0 Å². The molecule has 0 aromatic heterocycles. The van der Waals surface area contributed by atoms with E-state index in [9.17, 15) is 4.79 Å². The first-order valence-electron chi connectivity index (χ1n) is 5.86. The molecule has 0 bridgehead atoms. The second kappa shape index (κ2) is 5.95. The summed E-state index contributed by atoms with van der Waals surface area (Å²) >= 11 is 0. The van der Waals surface area contributed by atoms with E-state index in [1.807, 2.05) is 4.90 Å². The molecule has 1 unspecified atom stereocenters. The summed E-state index contributed by atoms with van der Waals surface area (Å²) in [6, 6.07) is 0.0712. The molecule has 88 valence electrons. The highest BCUT2D eigenvalue weighted by atomic mass is 16.2. The molecule has 0 radical (unpaired) electrons. The number of carbonyl (C=O) groups excluding carboxylic acids is 1. The standard InChI is InChI=1S/C11H23N3O/c1-9(2)7-13-11(15)14-5-3-4-10(6-12)8-14/h9-10H,3-8,12H2,1-2H3,(H,13,15).